The Balaban J connectivity index is 2.97. The maximum atomic E-state index is 4.68. The second kappa shape index (κ2) is 9.38. The molecule has 0 bridgehead atoms. The highest BCUT2D eigenvalue weighted by atomic mass is 79.9. The van der Waals surface area contributed by atoms with Crippen molar-refractivity contribution in [2.24, 2.45) is 5.92 Å². The van der Waals surface area contributed by atoms with Gasteiger partial charge in [-0.15, -0.1) is 0 Å². The molecule has 1 heterocycles. The van der Waals surface area contributed by atoms with E-state index in [0.717, 1.165) is 43.0 Å². The summed E-state index contributed by atoms with van der Waals surface area (Å²) in [5.74, 6) is 1.72. The molecule has 1 aromatic heterocycles. The Morgan fingerprint density at radius 1 is 1.29 bits per heavy atom. The van der Waals surface area contributed by atoms with Gasteiger partial charge in [0.1, 0.15) is 5.82 Å². The van der Waals surface area contributed by atoms with E-state index in [4.69, 9.17) is 0 Å². The number of anilines is 1. The van der Waals surface area contributed by atoms with Gasteiger partial charge >= 0.3 is 0 Å². The van der Waals surface area contributed by atoms with Crippen LogP contribution in [0.5, 0.6) is 0 Å². The van der Waals surface area contributed by atoms with Crippen LogP contribution >= 0.6 is 15.9 Å². The summed E-state index contributed by atoms with van der Waals surface area (Å²) in [6, 6.07) is 2.17. The van der Waals surface area contributed by atoms with E-state index in [2.05, 4.69) is 77.0 Å². The zero-order chi connectivity index (χ0) is 15.8. The smallest absolute Gasteiger partial charge is 0.133 e. The summed E-state index contributed by atoms with van der Waals surface area (Å²) in [6.07, 6.45) is 1.90. The molecule has 0 aliphatic rings. The second-order valence-electron chi connectivity index (χ2n) is 6.06. The van der Waals surface area contributed by atoms with Gasteiger partial charge in [-0.3, -0.25) is 0 Å². The summed E-state index contributed by atoms with van der Waals surface area (Å²) < 4.78 is 1.04. The topological polar surface area (TPSA) is 31.4 Å². The first-order chi connectivity index (χ1) is 9.93. The monoisotopic (exact) mass is 356 g/mol. The van der Waals surface area contributed by atoms with Crippen molar-refractivity contribution in [2.45, 2.75) is 27.3 Å². The van der Waals surface area contributed by atoms with Gasteiger partial charge in [-0.1, -0.05) is 20.8 Å². The predicted molar refractivity (Wildman–Crippen MR) is 94.9 cm³/mol. The number of hydrogen-bond acceptors (Lipinski definition) is 4. The minimum Gasteiger partial charge on any atom is -0.355 e. The molecule has 0 fully saturated rings. The fourth-order valence-electron chi connectivity index (χ4n) is 2.19. The lowest BCUT2D eigenvalue weighted by Crippen LogP contribution is -2.36. The van der Waals surface area contributed by atoms with Crippen LogP contribution in [0.4, 0.5) is 5.82 Å². The first kappa shape index (κ1) is 18.4. The molecule has 0 aliphatic heterocycles. The summed E-state index contributed by atoms with van der Waals surface area (Å²) in [4.78, 5) is 9.31. The lowest BCUT2D eigenvalue weighted by Gasteiger charge is -2.29. The fraction of sp³-hybridized carbons (Fsp3) is 0.688. The molecule has 1 rings (SSSR count). The van der Waals surface area contributed by atoms with Crippen LogP contribution in [0, 0.1) is 5.92 Å². The zero-order valence-electron chi connectivity index (χ0n) is 14.0. The zero-order valence-corrected chi connectivity index (χ0v) is 15.6. The van der Waals surface area contributed by atoms with Gasteiger partial charge in [-0.2, -0.15) is 0 Å². The highest BCUT2D eigenvalue weighted by molar-refractivity contribution is 9.10. The number of likely N-dealkylation sites (N-methyl/N-ethyl adjacent to an activating group) is 1. The van der Waals surface area contributed by atoms with Crippen molar-refractivity contribution in [1.82, 2.24) is 15.2 Å². The number of halogens is 1. The molecule has 0 aliphatic carbocycles. The number of nitrogens with one attached hydrogen (secondary N) is 1. The Kier molecular flexibility index (Phi) is 8.22. The molecule has 5 heteroatoms. The van der Waals surface area contributed by atoms with Crippen molar-refractivity contribution >= 4 is 21.7 Å². The van der Waals surface area contributed by atoms with Crippen LogP contribution in [-0.2, 0) is 6.54 Å². The Morgan fingerprint density at radius 3 is 2.57 bits per heavy atom. The van der Waals surface area contributed by atoms with Crippen LogP contribution in [0.25, 0.3) is 0 Å². The molecule has 0 unspecified atom stereocenters. The summed E-state index contributed by atoms with van der Waals surface area (Å²) in [7, 11) is 4.23. The van der Waals surface area contributed by atoms with E-state index in [0.29, 0.717) is 5.92 Å². The third-order valence-corrected chi connectivity index (χ3v) is 3.61. The number of nitrogens with zero attached hydrogens (tertiary/aromatic N) is 3. The molecule has 0 spiro atoms. The van der Waals surface area contributed by atoms with E-state index in [-0.39, 0.29) is 0 Å². The molecule has 1 aromatic rings. The van der Waals surface area contributed by atoms with Crippen LogP contribution in [0.3, 0.4) is 0 Å². The number of rotatable bonds is 9. The summed E-state index contributed by atoms with van der Waals surface area (Å²) >= 11 is 3.53. The Morgan fingerprint density at radius 2 is 2.00 bits per heavy atom. The van der Waals surface area contributed by atoms with E-state index in [9.17, 15) is 0 Å². The van der Waals surface area contributed by atoms with E-state index in [1.54, 1.807) is 0 Å². The van der Waals surface area contributed by atoms with Crippen LogP contribution in [-0.4, -0.2) is 50.2 Å². The molecule has 0 atom stereocenters. The first-order valence-corrected chi connectivity index (χ1v) is 8.48. The van der Waals surface area contributed by atoms with Gasteiger partial charge in [-0.05, 0) is 48.6 Å². The minimum atomic E-state index is 0.615. The van der Waals surface area contributed by atoms with Gasteiger partial charge in [0.25, 0.3) is 0 Å². The van der Waals surface area contributed by atoms with E-state index in [1.165, 1.54) is 5.56 Å². The Labute approximate surface area is 138 Å². The fourth-order valence-corrected chi connectivity index (χ4v) is 2.57. The second-order valence-corrected chi connectivity index (χ2v) is 6.98. The van der Waals surface area contributed by atoms with Gasteiger partial charge in [0, 0.05) is 42.4 Å². The quantitative estimate of drug-likeness (QED) is 0.736. The average molecular weight is 357 g/mol. The van der Waals surface area contributed by atoms with Gasteiger partial charge in [-0.25, -0.2) is 4.98 Å². The standard InChI is InChI=1S/C16H29BrN4/c1-6-18-10-14-9-15(17)11-19-16(14)21(12-13(2)3)8-7-20(4)5/h9,11,13,18H,6-8,10,12H2,1-5H3. The van der Waals surface area contributed by atoms with Crippen LogP contribution in [0.1, 0.15) is 26.3 Å². The van der Waals surface area contributed by atoms with E-state index in [1.807, 2.05) is 6.20 Å². The highest BCUT2D eigenvalue weighted by Gasteiger charge is 2.15. The summed E-state index contributed by atoms with van der Waals surface area (Å²) in [6.45, 7) is 11.5. The summed E-state index contributed by atoms with van der Waals surface area (Å²) in [5, 5.41) is 3.41. The molecule has 1 N–H and O–H groups in total. The molecule has 0 aromatic carbocycles. The highest BCUT2D eigenvalue weighted by Crippen LogP contribution is 2.22. The average Bonchev–Trinajstić information content (AvgIpc) is 2.41. The van der Waals surface area contributed by atoms with Crippen molar-refractivity contribution in [2.75, 3.05) is 45.2 Å². The van der Waals surface area contributed by atoms with Crippen molar-refractivity contribution in [3.8, 4) is 0 Å². The maximum Gasteiger partial charge on any atom is 0.133 e. The van der Waals surface area contributed by atoms with Gasteiger partial charge in [0.2, 0.25) is 0 Å². The molecular formula is C16H29BrN4. The molecular weight excluding hydrogens is 328 g/mol. The van der Waals surface area contributed by atoms with Crippen molar-refractivity contribution in [1.29, 1.82) is 0 Å². The third kappa shape index (κ3) is 6.76. The van der Waals surface area contributed by atoms with Crippen molar-refractivity contribution in [3.05, 3.63) is 22.3 Å². The first-order valence-electron chi connectivity index (χ1n) is 7.68. The van der Waals surface area contributed by atoms with Gasteiger partial charge in [0.15, 0.2) is 0 Å². The van der Waals surface area contributed by atoms with E-state index < -0.39 is 0 Å². The SMILES string of the molecule is CCNCc1cc(Br)cnc1N(CCN(C)C)CC(C)C. The third-order valence-electron chi connectivity index (χ3n) is 3.18. The molecule has 0 radical (unpaired) electrons. The Bertz CT molecular complexity index is 421. The van der Waals surface area contributed by atoms with Crippen LogP contribution in [0.15, 0.2) is 16.7 Å². The molecule has 21 heavy (non-hydrogen) atoms. The predicted octanol–water partition coefficient (Wildman–Crippen LogP) is 2.98. The van der Waals surface area contributed by atoms with Gasteiger partial charge < -0.3 is 15.1 Å². The lowest BCUT2D eigenvalue weighted by molar-refractivity contribution is 0.408. The minimum absolute atomic E-state index is 0.615. The molecule has 0 amide bonds. The molecule has 0 saturated heterocycles. The number of pyridine rings is 1. The lowest BCUT2D eigenvalue weighted by atomic mass is 10.1. The van der Waals surface area contributed by atoms with Gasteiger partial charge in [0.05, 0.1) is 0 Å². The van der Waals surface area contributed by atoms with Crippen LogP contribution in [0.2, 0.25) is 0 Å². The Hall–Kier alpha value is -0.650. The maximum absolute atomic E-state index is 4.68. The van der Waals surface area contributed by atoms with Crippen molar-refractivity contribution < 1.29 is 0 Å². The molecule has 0 saturated carbocycles. The van der Waals surface area contributed by atoms with E-state index >= 15 is 0 Å². The molecule has 120 valence electrons. The summed E-state index contributed by atoms with van der Waals surface area (Å²) in [5.41, 5.74) is 1.26. The largest absolute Gasteiger partial charge is 0.355 e. The van der Waals surface area contributed by atoms with Crippen LogP contribution < -0.4 is 10.2 Å². The number of hydrogen-bond donors (Lipinski definition) is 1. The van der Waals surface area contributed by atoms with Crippen molar-refractivity contribution in [3.63, 3.8) is 0 Å². The normalized spacial score (nSPS) is 11.4. The number of aromatic nitrogens is 1. The molecule has 4 nitrogen and oxygen atoms in total.